The summed E-state index contributed by atoms with van der Waals surface area (Å²) in [7, 11) is 0. The van der Waals surface area contributed by atoms with Gasteiger partial charge in [0.1, 0.15) is 0 Å². The lowest BCUT2D eigenvalue weighted by Gasteiger charge is -2.33. The Kier molecular flexibility index (Phi) is 5.60. The van der Waals surface area contributed by atoms with E-state index in [-0.39, 0.29) is 12.6 Å². The summed E-state index contributed by atoms with van der Waals surface area (Å²) < 4.78 is 5.45. The molecule has 114 valence electrons. The van der Waals surface area contributed by atoms with E-state index in [4.69, 9.17) is 9.84 Å². The quantitative estimate of drug-likeness (QED) is 0.634. The van der Waals surface area contributed by atoms with Gasteiger partial charge >= 0.3 is 12.0 Å². The summed E-state index contributed by atoms with van der Waals surface area (Å²) in [6, 6.07) is -0.0880. The number of piperazine rings is 1. The number of ether oxygens (including phenoxy) is 1. The van der Waals surface area contributed by atoms with E-state index in [1.165, 1.54) is 12.8 Å². The minimum atomic E-state index is -0.823. The molecule has 0 aromatic rings. The van der Waals surface area contributed by atoms with Crippen molar-refractivity contribution >= 4 is 12.0 Å². The highest BCUT2D eigenvalue weighted by Gasteiger charge is 2.22. The van der Waals surface area contributed by atoms with Gasteiger partial charge in [-0.1, -0.05) is 0 Å². The predicted octanol–water partition coefficient (Wildman–Crippen LogP) is -0.175. The van der Waals surface area contributed by atoms with Gasteiger partial charge in [0.05, 0.1) is 13.2 Å². The summed E-state index contributed by atoms with van der Waals surface area (Å²) in [6.45, 7) is 4.30. The molecule has 2 aliphatic rings. The number of carboxylic acids is 1. The number of aliphatic carboxylic acids is 1. The Morgan fingerprint density at radius 1 is 1.20 bits per heavy atom. The van der Waals surface area contributed by atoms with E-state index in [2.05, 4.69) is 5.32 Å². The van der Waals surface area contributed by atoms with E-state index in [1.54, 1.807) is 4.90 Å². The summed E-state index contributed by atoms with van der Waals surface area (Å²) in [4.78, 5) is 26.0. The highest BCUT2D eigenvalue weighted by Crippen LogP contribution is 2.28. The number of amides is 2. The van der Waals surface area contributed by atoms with Crippen LogP contribution in [0.25, 0.3) is 0 Å². The molecule has 20 heavy (non-hydrogen) atoms. The zero-order valence-corrected chi connectivity index (χ0v) is 11.7. The molecule has 1 heterocycles. The maximum atomic E-state index is 11.9. The van der Waals surface area contributed by atoms with Crippen molar-refractivity contribution in [3.8, 4) is 0 Å². The van der Waals surface area contributed by atoms with Gasteiger partial charge in [0.25, 0.3) is 0 Å². The Balaban J connectivity index is 1.53. The molecule has 2 rings (SSSR count). The van der Waals surface area contributed by atoms with E-state index in [0.717, 1.165) is 12.5 Å². The molecule has 1 saturated heterocycles. The van der Waals surface area contributed by atoms with Crippen LogP contribution in [0.4, 0.5) is 4.79 Å². The third-order valence-electron chi connectivity index (χ3n) is 3.59. The smallest absolute Gasteiger partial charge is 0.317 e. The van der Waals surface area contributed by atoms with Gasteiger partial charge in [0.15, 0.2) is 0 Å². The van der Waals surface area contributed by atoms with Crippen molar-refractivity contribution in [3.05, 3.63) is 0 Å². The van der Waals surface area contributed by atoms with E-state index < -0.39 is 5.97 Å². The van der Waals surface area contributed by atoms with Crippen molar-refractivity contribution in [2.24, 2.45) is 5.92 Å². The Hall–Kier alpha value is -1.34. The standard InChI is InChI=1S/C13H23N3O4/c17-12(18)9-15-4-6-16(7-5-15)13(19)14-3-8-20-10-11-1-2-11/h11H,1-10H2,(H,14,19)(H,17,18). The van der Waals surface area contributed by atoms with Gasteiger partial charge < -0.3 is 20.1 Å². The maximum absolute atomic E-state index is 11.9. The lowest BCUT2D eigenvalue weighted by atomic mass is 10.3. The van der Waals surface area contributed by atoms with Crippen LogP contribution in [0.5, 0.6) is 0 Å². The second kappa shape index (κ2) is 7.44. The van der Waals surface area contributed by atoms with Crippen molar-refractivity contribution in [2.45, 2.75) is 12.8 Å². The number of carboxylic acid groups (broad SMARTS) is 1. The van der Waals surface area contributed by atoms with Crippen LogP contribution in [-0.4, -0.2) is 79.4 Å². The molecule has 2 fully saturated rings. The number of hydrogen-bond donors (Lipinski definition) is 2. The molecule has 7 nitrogen and oxygen atoms in total. The van der Waals surface area contributed by atoms with E-state index in [9.17, 15) is 9.59 Å². The number of rotatable bonds is 7. The normalized spacial score (nSPS) is 19.9. The average Bonchev–Trinajstić information content (AvgIpc) is 3.22. The lowest BCUT2D eigenvalue weighted by molar-refractivity contribution is -0.138. The van der Waals surface area contributed by atoms with Crippen LogP contribution in [0.2, 0.25) is 0 Å². The first kappa shape index (κ1) is 15.1. The van der Waals surface area contributed by atoms with E-state index >= 15 is 0 Å². The third kappa shape index (κ3) is 5.34. The Bertz CT molecular complexity index is 339. The average molecular weight is 285 g/mol. The summed E-state index contributed by atoms with van der Waals surface area (Å²) >= 11 is 0. The Labute approximate surface area is 118 Å². The second-order valence-electron chi connectivity index (χ2n) is 5.41. The molecule has 0 unspecified atom stereocenters. The fourth-order valence-corrected chi connectivity index (χ4v) is 2.18. The molecule has 0 bridgehead atoms. The van der Waals surface area contributed by atoms with Gasteiger partial charge in [-0.15, -0.1) is 0 Å². The first-order chi connectivity index (χ1) is 9.65. The summed E-state index contributed by atoms with van der Waals surface area (Å²) in [5, 5.41) is 11.5. The number of hydrogen-bond acceptors (Lipinski definition) is 4. The number of urea groups is 1. The van der Waals surface area contributed by atoms with Crippen molar-refractivity contribution < 1.29 is 19.4 Å². The molecular formula is C13H23N3O4. The SMILES string of the molecule is O=C(O)CN1CCN(C(=O)NCCOCC2CC2)CC1. The molecule has 2 N–H and O–H groups in total. The fourth-order valence-electron chi connectivity index (χ4n) is 2.18. The number of carbonyl (C=O) groups is 2. The van der Waals surface area contributed by atoms with Crippen LogP contribution in [-0.2, 0) is 9.53 Å². The number of nitrogens with one attached hydrogen (secondary N) is 1. The third-order valence-corrected chi connectivity index (χ3v) is 3.59. The molecule has 0 radical (unpaired) electrons. The maximum Gasteiger partial charge on any atom is 0.317 e. The van der Waals surface area contributed by atoms with Gasteiger partial charge in [-0.3, -0.25) is 9.69 Å². The lowest BCUT2D eigenvalue weighted by Crippen LogP contribution is -2.52. The van der Waals surface area contributed by atoms with Gasteiger partial charge in [-0.2, -0.15) is 0 Å². The van der Waals surface area contributed by atoms with Gasteiger partial charge in [0, 0.05) is 39.3 Å². The van der Waals surface area contributed by atoms with Crippen molar-refractivity contribution in [3.63, 3.8) is 0 Å². The van der Waals surface area contributed by atoms with E-state index in [1.807, 2.05) is 4.90 Å². The molecule has 0 aromatic carbocycles. The topological polar surface area (TPSA) is 82.1 Å². The Morgan fingerprint density at radius 2 is 1.90 bits per heavy atom. The fraction of sp³-hybridized carbons (Fsp3) is 0.846. The minimum Gasteiger partial charge on any atom is -0.480 e. The minimum absolute atomic E-state index is 0.0461. The molecule has 0 spiro atoms. The van der Waals surface area contributed by atoms with Crippen molar-refractivity contribution in [2.75, 3.05) is 52.5 Å². The first-order valence-electron chi connectivity index (χ1n) is 7.20. The van der Waals surface area contributed by atoms with E-state index in [0.29, 0.717) is 39.3 Å². The molecular weight excluding hydrogens is 262 g/mol. The molecule has 0 atom stereocenters. The molecule has 0 aromatic heterocycles. The zero-order valence-electron chi connectivity index (χ0n) is 11.7. The van der Waals surface area contributed by atoms with Crippen LogP contribution in [0.3, 0.4) is 0 Å². The van der Waals surface area contributed by atoms with Crippen LogP contribution < -0.4 is 5.32 Å². The Morgan fingerprint density at radius 3 is 2.50 bits per heavy atom. The zero-order chi connectivity index (χ0) is 14.4. The second-order valence-corrected chi connectivity index (χ2v) is 5.41. The van der Waals surface area contributed by atoms with Gasteiger partial charge in [-0.05, 0) is 18.8 Å². The van der Waals surface area contributed by atoms with Crippen molar-refractivity contribution in [1.82, 2.24) is 15.1 Å². The summed E-state index contributed by atoms with van der Waals surface area (Å²) in [6.07, 6.45) is 2.54. The molecule has 7 heteroatoms. The highest BCUT2D eigenvalue weighted by atomic mass is 16.5. The molecule has 1 aliphatic heterocycles. The number of carbonyl (C=O) groups excluding carboxylic acids is 1. The van der Waals surface area contributed by atoms with Gasteiger partial charge in [0.2, 0.25) is 0 Å². The summed E-state index contributed by atoms with van der Waals surface area (Å²) in [5.41, 5.74) is 0. The van der Waals surface area contributed by atoms with Crippen LogP contribution in [0.15, 0.2) is 0 Å². The molecule has 1 aliphatic carbocycles. The van der Waals surface area contributed by atoms with Crippen LogP contribution in [0.1, 0.15) is 12.8 Å². The summed E-state index contributed by atoms with van der Waals surface area (Å²) in [5.74, 6) is -0.0799. The monoisotopic (exact) mass is 285 g/mol. The molecule has 1 saturated carbocycles. The molecule has 2 amide bonds. The first-order valence-corrected chi connectivity index (χ1v) is 7.20. The largest absolute Gasteiger partial charge is 0.480 e. The van der Waals surface area contributed by atoms with Gasteiger partial charge in [-0.25, -0.2) is 4.79 Å². The predicted molar refractivity (Wildman–Crippen MR) is 72.6 cm³/mol. The van der Waals surface area contributed by atoms with Crippen LogP contribution in [0, 0.1) is 5.92 Å². The number of nitrogens with zero attached hydrogens (tertiary/aromatic N) is 2. The van der Waals surface area contributed by atoms with Crippen molar-refractivity contribution in [1.29, 1.82) is 0 Å². The highest BCUT2D eigenvalue weighted by molar-refractivity contribution is 5.74. The van der Waals surface area contributed by atoms with Crippen LogP contribution >= 0.6 is 0 Å².